The van der Waals surface area contributed by atoms with Crippen molar-refractivity contribution in [2.24, 2.45) is 0 Å². The Labute approximate surface area is 151 Å². The van der Waals surface area contributed by atoms with Crippen LogP contribution < -0.4 is 10.2 Å². The third kappa shape index (κ3) is 2.71. The summed E-state index contributed by atoms with van der Waals surface area (Å²) in [4.78, 5) is 18.6. The van der Waals surface area contributed by atoms with Crippen LogP contribution in [0.15, 0.2) is 54.7 Å². The van der Waals surface area contributed by atoms with Gasteiger partial charge in [0.2, 0.25) is 0 Å². The quantitative estimate of drug-likeness (QED) is 0.782. The number of halogens is 1. The summed E-state index contributed by atoms with van der Waals surface area (Å²) in [5.74, 6) is 0.478. The molecule has 1 aliphatic rings. The maximum Gasteiger partial charge on any atom is 0.251 e. The van der Waals surface area contributed by atoms with Gasteiger partial charge < -0.3 is 10.2 Å². The van der Waals surface area contributed by atoms with Crippen LogP contribution in [0, 0.1) is 5.82 Å². The highest BCUT2D eigenvalue weighted by Gasteiger charge is 2.23. The Kier molecular flexibility index (Phi) is 3.92. The highest BCUT2D eigenvalue weighted by Crippen LogP contribution is 2.39. The minimum atomic E-state index is -0.287. The van der Waals surface area contributed by atoms with Crippen molar-refractivity contribution in [1.82, 2.24) is 10.3 Å². The molecule has 0 aliphatic carbocycles. The van der Waals surface area contributed by atoms with Crippen molar-refractivity contribution in [3.8, 4) is 22.3 Å². The number of aromatic nitrogens is 1. The van der Waals surface area contributed by atoms with Crippen LogP contribution >= 0.6 is 0 Å². The summed E-state index contributed by atoms with van der Waals surface area (Å²) in [6, 6.07) is 14.2. The van der Waals surface area contributed by atoms with Gasteiger partial charge in [0.1, 0.15) is 11.6 Å². The Morgan fingerprint density at radius 3 is 2.50 bits per heavy atom. The van der Waals surface area contributed by atoms with Crippen molar-refractivity contribution in [2.75, 3.05) is 19.0 Å². The normalized spacial score (nSPS) is 12.7. The molecule has 0 saturated carbocycles. The molecule has 0 spiro atoms. The predicted molar refractivity (Wildman–Crippen MR) is 101 cm³/mol. The summed E-state index contributed by atoms with van der Waals surface area (Å²) in [6.45, 7) is 0.516. The van der Waals surface area contributed by atoms with E-state index in [4.69, 9.17) is 0 Å². The SMILES string of the molecule is CN(C)c1ncccc1-c1cc2c(cc1-c1ccc(F)cc1)C(=O)NC2. The van der Waals surface area contributed by atoms with Crippen molar-refractivity contribution in [3.05, 3.63) is 71.7 Å². The van der Waals surface area contributed by atoms with Crippen molar-refractivity contribution in [2.45, 2.75) is 6.54 Å². The van der Waals surface area contributed by atoms with E-state index in [9.17, 15) is 9.18 Å². The average Bonchev–Trinajstić information content (AvgIpc) is 3.01. The smallest absolute Gasteiger partial charge is 0.251 e. The van der Waals surface area contributed by atoms with Gasteiger partial charge in [-0.25, -0.2) is 9.37 Å². The first-order valence-electron chi connectivity index (χ1n) is 8.38. The van der Waals surface area contributed by atoms with Crippen molar-refractivity contribution in [1.29, 1.82) is 0 Å². The van der Waals surface area contributed by atoms with Gasteiger partial charge in [0.05, 0.1) is 0 Å². The van der Waals surface area contributed by atoms with E-state index >= 15 is 0 Å². The first-order valence-corrected chi connectivity index (χ1v) is 8.38. The number of hydrogen-bond acceptors (Lipinski definition) is 3. The molecular formula is C21H18FN3O. The number of anilines is 1. The summed E-state index contributed by atoms with van der Waals surface area (Å²) in [5, 5.41) is 2.86. The number of nitrogens with one attached hydrogen (secondary N) is 1. The predicted octanol–water partition coefficient (Wildman–Crippen LogP) is 3.86. The lowest BCUT2D eigenvalue weighted by Crippen LogP contribution is -2.12. The summed E-state index contributed by atoms with van der Waals surface area (Å²) in [7, 11) is 3.89. The van der Waals surface area contributed by atoms with Crippen LogP contribution in [0.5, 0.6) is 0 Å². The number of fused-ring (bicyclic) bond motifs is 1. The summed E-state index contributed by atoms with van der Waals surface area (Å²) < 4.78 is 13.4. The maximum atomic E-state index is 13.4. The minimum Gasteiger partial charge on any atom is -0.362 e. The van der Waals surface area contributed by atoms with Crippen LogP contribution in [0.3, 0.4) is 0 Å². The number of pyridine rings is 1. The van der Waals surface area contributed by atoms with E-state index in [0.29, 0.717) is 12.1 Å². The van der Waals surface area contributed by atoms with Gasteiger partial charge >= 0.3 is 0 Å². The zero-order chi connectivity index (χ0) is 18.3. The first kappa shape index (κ1) is 16.3. The summed E-state index contributed by atoms with van der Waals surface area (Å²) >= 11 is 0. The van der Waals surface area contributed by atoms with E-state index in [1.807, 2.05) is 43.3 Å². The molecule has 0 bridgehead atoms. The summed E-state index contributed by atoms with van der Waals surface area (Å²) in [5.41, 5.74) is 5.32. The molecule has 4 rings (SSSR count). The van der Waals surface area contributed by atoms with Crippen molar-refractivity contribution >= 4 is 11.7 Å². The second-order valence-corrected chi connectivity index (χ2v) is 6.51. The standard InChI is InChI=1S/C21H18FN3O/c1-25(2)20-16(4-3-9-23-20)19-10-14-12-24-21(26)18(14)11-17(19)13-5-7-15(22)8-6-13/h3-11H,12H2,1-2H3,(H,24,26). The highest BCUT2D eigenvalue weighted by molar-refractivity contribution is 6.02. The second-order valence-electron chi connectivity index (χ2n) is 6.51. The number of carbonyl (C=O) groups is 1. The van der Waals surface area contributed by atoms with Gasteiger partial charge in [-0.3, -0.25) is 4.79 Å². The Balaban J connectivity index is 2.00. The molecule has 1 amide bonds. The van der Waals surface area contributed by atoms with Crippen molar-refractivity contribution < 1.29 is 9.18 Å². The molecule has 0 atom stereocenters. The Morgan fingerprint density at radius 1 is 1.00 bits per heavy atom. The molecule has 1 N–H and O–H groups in total. The third-order valence-corrected chi connectivity index (χ3v) is 4.58. The van der Waals surface area contributed by atoms with Gasteiger partial charge in [0.25, 0.3) is 5.91 Å². The van der Waals surface area contributed by atoms with Crippen LogP contribution in [-0.2, 0) is 6.54 Å². The Morgan fingerprint density at radius 2 is 1.77 bits per heavy atom. The molecule has 130 valence electrons. The Hall–Kier alpha value is -3.21. The van der Waals surface area contributed by atoms with Crippen LogP contribution in [0.1, 0.15) is 15.9 Å². The van der Waals surface area contributed by atoms with Gasteiger partial charge in [-0.1, -0.05) is 12.1 Å². The van der Waals surface area contributed by atoms with E-state index in [2.05, 4.69) is 10.3 Å². The molecule has 0 fully saturated rings. The van der Waals surface area contributed by atoms with Gasteiger partial charge in [-0.15, -0.1) is 0 Å². The van der Waals surface area contributed by atoms with Crippen LogP contribution in [-0.4, -0.2) is 25.0 Å². The Bertz CT molecular complexity index is 997. The van der Waals surface area contributed by atoms with Gasteiger partial charge in [-0.2, -0.15) is 0 Å². The third-order valence-electron chi connectivity index (χ3n) is 4.58. The topological polar surface area (TPSA) is 45.2 Å². The lowest BCUT2D eigenvalue weighted by atomic mass is 9.90. The molecule has 4 nitrogen and oxygen atoms in total. The number of carbonyl (C=O) groups excluding carboxylic acids is 1. The molecule has 0 saturated heterocycles. The molecule has 2 heterocycles. The number of amides is 1. The molecule has 0 radical (unpaired) electrons. The molecule has 0 unspecified atom stereocenters. The average molecular weight is 347 g/mol. The fourth-order valence-electron chi connectivity index (χ4n) is 3.33. The molecule has 5 heteroatoms. The molecular weight excluding hydrogens is 329 g/mol. The van der Waals surface area contributed by atoms with Crippen LogP contribution in [0.2, 0.25) is 0 Å². The van der Waals surface area contributed by atoms with Gasteiger partial charge in [0, 0.05) is 38.0 Å². The molecule has 26 heavy (non-hydrogen) atoms. The van der Waals surface area contributed by atoms with Gasteiger partial charge in [-0.05, 0) is 58.7 Å². The fraction of sp³-hybridized carbons (Fsp3) is 0.143. The molecule has 1 aromatic heterocycles. The number of hydrogen-bond donors (Lipinski definition) is 1. The maximum absolute atomic E-state index is 13.4. The zero-order valence-corrected chi connectivity index (χ0v) is 14.6. The van der Waals surface area contributed by atoms with E-state index in [1.54, 1.807) is 18.3 Å². The lowest BCUT2D eigenvalue weighted by Gasteiger charge is -2.19. The molecule has 2 aromatic carbocycles. The van der Waals surface area contributed by atoms with Gasteiger partial charge in [0.15, 0.2) is 0 Å². The number of benzene rings is 2. The summed E-state index contributed by atoms with van der Waals surface area (Å²) in [6.07, 6.45) is 1.76. The van der Waals surface area contributed by atoms with E-state index in [1.165, 1.54) is 12.1 Å². The van der Waals surface area contributed by atoms with Crippen LogP contribution in [0.25, 0.3) is 22.3 Å². The fourth-order valence-corrected chi connectivity index (χ4v) is 3.33. The lowest BCUT2D eigenvalue weighted by molar-refractivity contribution is 0.0966. The van der Waals surface area contributed by atoms with E-state index < -0.39 is 0 Å². The minimum absolute atomic E-state index is 0.0751. The monoisotopic (exact) mass is 347 g/mol. The van der Waals surface area contributed by atoms with E-state index in [0.717, 1.165) is 33.6 Å². The zero-order valence-electron chi connectivity index (χ0n) is 14.6. The number of rotatable bonds is 3. The highest BCUT2D eigenvalue weighted by atomic mass is 19.1. The largest absolute Gasteiger partial charge is 0.362 e. The van der Waals surface area contributed by atoms with Crippen LogP contribution in [0.4, 0.5) is 10.2 Å². The first-order chi connectivity index (χ1) is 12.5. The molecule has 1 aliphatic heterocycles. The molecule has 3 aromatic rings. The number of nitrogens with zero attached hydrogens (tertiary/aromatic N) is 2. The van der Waals surface area contributed by atoms with Crippen molar-refractivity contribution in [3.63, 3.8) is 0 Å². The van der Waals surface area contributed by atoms with E-state index in [-0.39, 0.29) is 11.7 Å². The second kappa shape index (κ2) is 6.26.